The molecule has 0 saturated carbocycles. The monoisotopic (exact) mass is 430 g/mol. The molecule has 1 aromatic carbocycles. The van der Waals surface area contributed by atoms with Gasteiger partial charge in [-0.2, -0.15) is 0 Å². The first kappa shape index (κ1) is 23.7. The lowest BCUT2D eigenvalue weighted by Gasteiger charge is -2.30. The summed E-state index contributed by atoms with van der Waals surface area (Å²) in [6.45, 7) is 6.86. The molecule has 10 heteroatoms. The number of hydrogen-bond acceptors (Lipinski definition) is 5. The van der Waals surface area contributed by atoms with E-state index in [9.17, 15) is 27.6 Å². The summed E-state index contributed by atoms with van der Waals surface area (Å²) in [5, 5.41) is 5.27. The summed E-state index contributed by atoms with van der Waals surface area (Å²) in [5.41, 5.74) is -1.14. The topological polar surface area (TPSA) is 93.7 Å². The molecule has 1 aromatic rings. The van der Waals surface area contributed by atoms with Crippen molar-refractivity contribution in [3.8, 4) is 5.75 Å². The maximum atomic E-state index is 12.8. The van der Waals surface area contributed by atoms with Gasteiger partial charge in [0.25, 0.3) is 5.91 Å². The fourth-order valence-corrected chi connectivity index (χ4v) is 3.01. The van der Waals surface area contributed by atoms with Crippen molar-refractivity contribution in [2.75, 3.05) is 6.61 Å². The third-order valence-corrected chi connectivity index (χ3v) is 4.92. The van der Waals surface area contributed by atoms with Crippen LogP contribution in [0, 0.1) is 5.92 Å². The third-order valence-electron chi connectivity index (χ3n) is 4.92. The number of nitrogens with one attached hydrogen (secondary N) is 2. The summed E-state index contributed by atoms with van der Waals surface area (Å²) in [5.74, 6) is -1.86. The summed E-state index contributed by atoms with van der Waals surface area (Å²) in [4.78, 5) is 37.5. The summed E-state index contributed by atoms with van der Waals surface area (Å²) in [6.07, 6.45) is -5.06. The van der Waals surface area contributed by atoms with Crippen LogP contribution >= 0.6 is 0 Å². The van der Waals surface area contributed by atoms with Gasteiger partial charge in [-0.3, -0.25) is 14.4 Å². The lowest BCUT2D eigenvalue weighted by atomic mass is 9.92. The average molecular weight is 430 g/mol. The maximum absolute atomic E-state index is 12.8. The molecule has 1 aliphatic heterocycles. The van der Waals surface area contributed by atoms with Gasteiger partial charge in [-0.1, -0.05) is 13.8 Å². The van der Waals surface area contributed by atoms with Crippen molar-refractivity contribution in [3.05, 3.63) is 29.8 Å². The Morgan fingerprint density at radius 3 is 2.33 bits per heavy atom. The molecule has 0 radical (unpaired) electrons. The van der Waals surface area contributed by atoms with Crippen molar-refractivity contribution in [1.82, 2.24) is 10.6 Å². The number of rotatable bonds is 7. The second-order valence-corrected chi connectivity index (χ2v) is 7.80. The number of ether oxygens (including phenoxy) is 2. The average Bonchev–Trinajstić information content (AvgIpc) is 2.87. The number of halogens is 3. The first-order valence-electron chi connectivity index (χ1n) is 9.45. The zero-order valence-corrected chi connectivity index (χ0v) is 17.1. The van der Waals surface area contributed by atoms with Crippen LogP contribution in [0.15, 0.2) is 24.3 Å². The highest BCUT2D eigenvalue weighted by molar-refractivity contribution is 6.00. The minimum Gasteiger partial charge on any atom is -0.406 e. The van der Waals surface area contributed by atoms with E-state index in [4.69, 9.17) is 4.74 Å². The van der Waals surface area contributed by atoms with Crippen molar-refractivity contribution in [2.45, 2.75) is 58.2 Å². The fourth-order valence-electron chi connectivity index (χ4n) is 3.01. The number of amides is 2. The Kier molecular flexibility index (Phi) is 7.12. The first-order chi connectivity index (χ1) is 13.8. The van der Waals surface area contributed by atoms with Crippen LogP contribution in [0.5, 0.6) is 5.75 Å². The van der Waals surface area contributed by atoms with Gasteiger partial charge in [-0.15, -0.1) is 13.2 Å². The van der Waals surface area contributed by atoms with Gasteiger partial charge in [0.05, 0.1) is 6.10 Å². The molecule has 1 unspecified atom stereocenters. The van der Waals surface area contributed by atoms with E-state index in [-0.39, 0.29) is 23.9 Å². The Morgan fingerprint density at radius 1 is 1.27 bits per heavy atom. The molecule has 1 saturated heterocycles. The SMILES string of the molecule is CC(C)CC(NC(=O)c1ccc(OC(F)(F)F)cc1)C(=O)N[C@@]1(C)C(=O)CO[C@@H]1C. The van der Waals surface area contributed by atoms with Crippen LogP contribution in [0.1, 0.15) is 44.5 Å². The van der Waals surface area contributed by atoms with Crippen molar-refractivity contribution in [2.24, 2.45) is 5.92 Å². The number of carbonyl (C=O) groups excluding carboxylic acids is 3. The zero-order valence-electron chi connectivity index (χ0n) is 17.1. The van der Waals surface area contributed by atoms with Crippen LogP contribution in [0.2, 0.25) is 0 Å². The van der Waals surface area contributed by atoms with Gasteiger partial charge < -0.3 is 20.1 Å². The van der Waals surface area contributed by atoms with E-state index >= 15 is 0 Å². The van der Waals surface area contributed by atoms with E-state index in [0.29, 0.717) is 6.42 Å². The van der Waals surface area contributed by atoms with E-state index in [0.717, 1.165) is 12.1 Å². The number of alkyl halides is 3. The standard InChI is InChI=1S/C20H25F3N2O5/c1-11(2)9-15(18(28)25-19(4)12(3)29-10-16(19)26)24-17(27)13-5-7-14(8-6-13)30-20(21,22)23/h5-8,11-12,15H,9-10H2,1-4H3,(H,24,27)(H,25,28)/t12-,15?,19-/m1/s1. The molecule has 7 nitrogen and oxygen atoms in total. The Labute approximate surface area is 172 Å². The zero-order chi connectivity index (χ0) is 22.7. The summed E-state index contributed by atoms with van der Waals surface area (Å²) in [6, 6.07) is 3.41. The van der Waals surface area contributed by atoms with Gasteiger partial charge >= 0.3 is 6.36 Å². The predicted octanol–water partition coefficient (Wildman–Crippen LogP) is 2.59. The summed E-state index contributed by atoms with van der Waals surface area (Å²) in [7, 11) is 0. The molecule has 1 fully saturated rings. The summed E-state index contributed by atoms with van der Waals surface area (Å²) < 4.78 is 45.8. The number of hydrogen-bond donors (Lipinski definition) is 2. The molecule has 0 aromatic heterocycles. The van der Waals surface area contributed by atoms with Crippen molar-refractivity contribution >= 4 is 17.6 Å². The molecule has 1 aliphatic rings. The normalized spacial score (nSPS) is 22.7. The van der Waals surface area contributed by atoms with Gasteiger partial charge in [0.2, 0.25) is 5.91 Å². The number of benzene rings is 1. The highest BCUT2D eigenvalue weighted by Gasteiger charge is 2.47. The van der Waals surface area contributed by atoms with Crippen LogP contribution in [0.4, 0.5) is 13.2 Å². The van der Waals surface area contributed by atoms with E-state index in [1.54, 1.807) is 13.8 Å². The molecule has 2 N–H and O–H groups in total. The molecule has 0 bridgehead atoms. The number of Topliss-reactive ketones (excluding diaryl/α,β-unsaturated/α-hetero) is 1. The smallest absolute Gasteiger partial charge is 0.406 e. The minimum atomic E-state index is -4.83. The molecular formula is C20H25F3N2O5. The molecule has 0 spiro atoms. The van der Waals surface area contributed by atoms with Crippen molar-refractivity contribution in [3.63, 3.8) is 0 Å². The Hall–Kier alpha value is -2.62. The molecule has 3 atom stereocenters. The van der Waals surface area contributed by atoms with Gasteiger partial charge in [-0.05, 0) is 50.5 Å². The largest absolute Gasteiger partial charge is 0.573 e. The van der Waals surface area contributed by atoms with E-state index < -0.39 is 41.6 Å². The number of carbonyl (C=O) groups is 3. The second-order valence-electron chi connectivity index (χ2n) is 7.80. The van der Waals surface area contributed by atoms with E-state index in [1.165, 1.54) is 12.1 Å². The lowest BCUT2D eigenvalue weighted by molar-refractivity contribution is -0.274. The van der Waals surface area contributed by atoms with Crippen molar-refractivity contribution in [1.29, 1.82) is 0 Å². The third kappa shape index (κ3) is 5.94. The van der Waals surface area contributed by atoms with Crippen LogP contribution < -0.4 is 15.4 Å². The Morgan fingerprint density at radius 2 is 1.87 bits per heavy atom. The second kappa shape index (κ2) is 9.03. The lowest BCUT2D eigenvalue weighted by Crippen LogP contribution is -2.60. The molecule has 2 rings (SSSR count). The minimum absolute atomic E-state index is 0.0457. The quantitative estimate of drug-likeness (QED) is 0.694. The molecule has 30 heavy (non-hydrogen) atoms. The molecular weight excluding hydrogens is 405 g/mol. The van der Waals surface area contributed by atoms with Crippen molar-refractivity contribution < 1.29 is 37.0 Å². The predicted molar refractivity (Wildman–Crippen MR) is 101 cm³/mol. The van der Waals surface area contributed by atoms with Gasteiger partial charge in [0.1, 0.15) is 23.9 Å². The van der Waals surface area contributed by atoms with Gasteiger partial charge in [-0.25, -0.2) is 0 Å². The molecule has 2 amide bonds. The van der Waals surface area contributed by atoms with Crippen LogP contribution in [0.3, 0.4) is 0 Å². The van der Waals surface area contributed by atoms with Gasteiger partial charge in [0, 0.05) is 5.56 Å². The molecule has 1 heterocycles. The highest BCUT2D eigenvalue weighted by atomic mass is 19.4. The van der Waals surface area contributed by atoms with E-state index in [1.807, 2.05) is 13.8 Å². The Balaban J connectivity index is 2.11. The van der Waals surface area contributed by atoms with Gasteiger partial charge in [0.15, 0.2) is 5.78 Å². The molecule has 0 aliphatic carbocycles. The highest BCUT2D eigenvalue weighted by Crippen LogP contribution is 2.24. The van der Waals surface area contributed by atoms with Crippen LogP contribution in [-0.2, 0) is 14.3 Å². The van der Waals surface area contributed by atoms with Crippen LogP contribution in [-0.4, -0.2) is 48.3 Å². The summed E-state index contributed by atoms with van der Waals surface area (Å²) >= 11 is 0. The first-order valence-corrected chi connectivity index (χ1v) is 9.45. The molecule has 166 valence electrons. The Bertz CT molecular complexity index is 795. The van der Waals surface area contributed by atoms with Crippen LogP contribution in [0.25, 0.3) is 0 Å². The number of ketones is 1. The maximum Gasteiger partial charge on any atom is 0.573 e. The van der Waals surface area contributed by atoms with E-state index in [2.05, 4.69) is 15.4 Å². The fraction of sp³-hybridized carbons (Fsp3) is 0.550.